The predicted octanol–water partition coefficient (Wildman–Crippen LogP) is 3.62. The first-order chi connectivity index (χ1) is 16.4. The number of hydrazine groups is 1. The van der Waals surface area contributed by atoms with Crippen LogP contribution in [0.1, 0.15) is 24.8 Å². The van der Waals surface area contributed by atoms with Crippen LogP contribution in [0.25, 0.3) is 0 Å². The van der Waals surface area contributed by atoms with E-state index in [0.717, 1.165) is 12.1 Å². The molecule has 0 aliphatic carbocycles. The van der Waals surface area contributed by atoms with Gasteiger partial charge < -0.3 is 9.47 Å². The summed E-state index contributed by atoms with van der Waals surface area (Å²) in [6.45, 7) is 4.06. The second-order valence-corrected chi connectivity index (χ2v) is 8.28. The maximum atomic E-state index is 13.2. The fourth-order valence-corrected chi connectivity index (χ4v) is 4.32. The Bertz CT molecular complexity index is 1100. The molecule has 10 heteroatoms. The highest BCUT2D eigenvalue weighted by Gasteiger charge is 2.37. The van der Waals surface area contributed by atoms with Gasteiger partial charge in [0, 0.05) is 32.0 Å². The van der Waals surface area contributed by atoms with Crippen LogP contribution in [-0.4, -0.2) is 56.5 Å². The van der Waals surface area contributed by atoms with Gasteiger partial charge in [0.05, 0.1) is 37.1 Å². The number of carbonyl (C=O) groups excluding carboxylic acids is 2. The van der Waals surface area contributed by atoms with Crippen molar-refractivity contribution in [3.05, 3.63) is 53.8 Å². The molecule has 2 aliphatic rings. The summed E-state index contributed by atoms with van der Waals surface area (Å²) in [5.41, 5.74) is 5.36. The van der Waals surface area contributed by atoms with Crippen LogP contribution in [0.15, 0.2) is 42.5 Å². The van der Waals surface area contributed by atoms with E-state index in [1.165, 1.54) is 41.2 Å². The van der Waals surface area contributed by atoms with Crippen molar-refractivity contribution < 1.29 is 23.5 Å². The molecule has 34 heavy (non-hydrogen) atoms. The van der Waals surface area contributed by atoms with Gasteiger partial charge in [0.25, 0.3) is 0 Å². The highest BCUT2D eigenvalue weighted by atomic mass is 19.1. The first-order valence-corrected chi connectivity index (χ1v) is 11.0. The van der Waals surface area contributed by atoms with Crippen LogP contribution in [0.2, 0.25) is 0 Å². The molecule has 2 aromatic rings. The summed E-state index contributed by atoms with van der Waals surface area (Å²) in [5, 5.41) is 10.8. The number of nitrogens with one attached hydrogen (secondary N) is 1. The Hall–Kier alpha value is -3.68. The Balaban J connectivity index is 1.64. The molecular formula is C24H26FN5O4. The van der Waals surface area contributed by atoms with Crippen LogP contribution in [0, 0.1) is 17.1 Å². The van der Waals surface area contributed by atoms with Gasteiger partial charge in [-0.1, -0.05) is 6.07 Å². The second kappa shape index (κ2) is 10.1. The predicted molar refractivity (Wildman–Crippen MR) is 123 cm³/mol. The molecule has 2 aromatic carbocycles. The SMILES string of the molecule is COC(=O)N1c2ccc(C3CNN(CCC#N)C3)cc2N(C(=O)Oc2ccc(F)cc2)C[C@@H]1C. The zero-order valence-electron chi connectivity index (χ0n) is 19.0. The van der Waals surface area contributed by atoms with E-state index >= 15 is 0 Å². The van der Waals surface area contributed by atoms with Crippen molar-refractivity contribution in [1.82, 2.24) is 10.4 Å². The molecule has 9 nitrogen and oxygen atoms in total. The monoisotopic (exact) mass is 467 g/mol. The molecule has 2 aliphatic heterocycles. The Morgan fingerprint density at radius 2 is 1.91 bits per heavy atom. The number of hydrogen-bond acceptors (Lipinski definition) is 7. The number of anilines is 2. The number of amides is 2. The van der Waals surface area contributed by atoms with Crippen LogP contribution in [0.5, 0.6) is 5.75 Å². The summed E-state index contributed by atoms with van der Waals surface area (Å²) in [6, 6.07) is 12.6. The van der Waals surface area contributed by atoms with E-state index in [2.05, 4.69) is 11.5 Å². The van der Waals surface area contributed by atoms with Crippen LogP contribution in [0.3, 0.4) is 0 Å². The van der Waals surface area contributed by atoms with Crippen LogP contribution in [0.4, 0.5) is 25.4 Å². The number of benzene rings is 2. The minimum absolute atomic E-state index is 0.143. The van der Waals surface area contributed by atoms with Crippen molar-refractivity contribution in [2.24, 2.45) is 0 Å². The zero-order chi connectivity index (χ0) is 24.2. The van der Waals surface area contributed by atoms with Gasteiger partial charge in [-0.2, -0.15) is 5.26 Å². The van der Waals surface area contributed by atoms with Crippen molar-refractivity contribution in [3.8, 4) is 11.8 Å². The lowest BCUT2D eigenvalue weighted by Crippen LogP contribution is -2.52. The zero-order valence-corrected chi connectivity index (χ0v) is 19.0. The first-order valence-electron chi connectivity index (χ1n) is 11.0. The maximum absolute atomic E-state index is 13.2. The van der Waals surface area contributed by atoms with Gasteiger partial charge in [-0.05, 0) is 48.9 Å². The summed E-state index contributed by atoms with van der Waals surface area (Å²) >= 11 is 0. The van der Waals surface area contributed by atoms with Gasteiger partial charge in [0.15, 0.2) is 0 Å². The summed E-state index contributed by atoms with van der Waals surface area (Å²) in [7, 11) is 1.32. The van der Waals surface area contributed by atoms with Gasteiger partial charge in [0.2, 0.25) is 0 Å². The lowest BCUT2D eigenvalue weighted by molar-refractivity contribution is 0.175. The first kappa shape index (κ1) is 23.5. The summed E-state index contributed by atoms with van der Waals surface area (Å²) in [6.07, 6.45) is -0.710. The van der Waals surface area contributed by atoms with Crippen molar-refractivity contribution >= 4 is 23.6 Å². The molecule has 178 valence electrons. The van der Waals surface area contributed by atoms with E-state index < -0.39 is 18.0 Å². The molecule has 2 heterocycles. The van der Waals surface area contributed by atoms with Gasteiger partial charge in [-0.3, -0.25) is 15.2 Å². The molecule has 2 amide bonds. The summed E-state index contributed by atoms with van der Waals surface area (Å²) < 4.78 is 23.7. The lowest BCUT2D eigenvalue weighted by Gasteiger charge is -2.40. The maximum Gasteiger partial charge on any atom is 0.419 e. The van der Waals surface area contributed by atoms with Gasteiger partial charge in [-0.15, -0.1) is 0 Å². The molecule has 0 bridgehead atoms. The van der Waals surface area contributed by atoms with Crippen molar-refractivity contribution in [1.29, 1.82) is 5.26 Å². The number of methoxy groups -OCH3 is 1. The number of nitriles is 1. The Kier molecular flexibility index (Phi) is 6.95. The van der Waals surface area contributed by atoms with Gasteiger partial charge >= 0.3 is 12.2 Å². The standard InChI is InChI=1S/C24H26FN5O4/c1-16-14-29(23(31)34-20-7-5-19(25)6-8-20)22-12-17(4-9-21(22)30(16)24(32)33-2)18-13-27-28(15-18)11-3-10-26/h4-9,12,16,18,27H,3,11,13-15H2,1-2H3/t16-,18?/m0/s1. The quantitative estimate of drug-likeness (QED) is 0.733. The number of ether oxygens (including phenoxy) is 2. The molecule has 0 aromatic heterocycles. The van der Waals surface area contributed by atoms with E-state index in [4.69, 9.17) is 14.7 Å². The number of nitrogens with zero attached hydrogens (tertiary/aromatic N) is 4. The number of fused-ring (bicyclic) bond motifs is 1. The highest BCUT2D eigenvalue weighted by molar-refractivity contribution is 6.01. The van der Waals surface area contributed by atoms with Crippen molar-refractivity contribution in [2.45, 2.75) is 25.3 Å². The normalized spacial score (nSPS) is 19.9. The van der Waals surface area contributed by atoms with Crippen molar-refractivity contribution in [2.75, 3.05) is 43.1 Å². The molecule has 1 unspecified atom stereocenters. The average molecular weight is 468 g/mol. The summed E-state index contributed by atoms with van der Waals surface area (Å²) in [5.74, 6) is -0.0609. The third kappa shape index (κ3) is 4.81. The van der Waals surface area contributed by atoms with E-state index in [-0.39, 0.29) is 24.3 Å². The number of rotatable bonds is 4. The van der Waals surface area contributed by atoms with Gasteiger partial charge in [0.1, 0.15) is 11.6 Å². The van der Waals surface area contributed by atoms with E-state index in [1.807, 2.05) is 30.1 Å². The third-order valence-electron chi connectivity index (χ3n) is 6.01. The fraction of sp³-hybridized carbons (Fsp3) is 0.375. The molecule has 1 fully saturated rings. The molecule has 1 N–H and O–H groups in total. The molecule has 0 saturated carbocycles. The van der Waals surface area contributed by atoms with E-state index in [1.54, 1.807) is 0 Å². The number of carbonyl (C=O) groups is 2. The number of hydrogen-bond donors (Lipinski definition) is 1. The van der Waals surface area contributed by atoms with E-state index in [0.29, 0.717) is 30.9 Å². The van der Waals surface area contributed by atoms with Gasteiger partial charge in [-0.25, -0.2) is 19.0 Å². The van der Waals surface area contributed by atoms with E-state index in [9.17, 15) is 14.0 Å². The topological polar surface area (TPSA) is 98.1 Å². The smallest absolute Gasteiger partial charge is 0.419 e. The molecule has 1 saturated heterocycles. The van der Waals surface area contributed by atoms with Crippen LogP contribution in [-0.2, 0) is 4.74 Å². The Labute approximate surface area is 197 Å². The second-order valence-electron chi connectivity index (χ2n) is 8.28. The third-order valence-corrected chi connectivity index (χ3v) is 6.01. The Morgan fingerprint density at radius 1 is 1.15 bits per heavy atom. The average Bonchev–Trinajstić information content (AvgIpc) is 3.32. The summed E-state index contributed by atoms with van der Waals surface area (Å²) in [4.78, 5) is 28.7. The van der Waals surface area contributed by atoms with Crippen LogP contribution >= 0.6 is 0 Å². The molecule has 4 rings (SSSR count). The largest absolute Gasteiger partial charge is 0.452 e. The molecule has 2 atom stereocenters. The molecule has 0 spiro atoms. The Morgan fingerprint density at radius 3 is 2.62 bits per heavy atom. The minimum Gasteiger partial charge on any atom is -0.452 e. The highest BCUT2D eigenvalue weighted by Crippen LogP contribution is 2.39. The lowest BCUT2D eigenvalue weighted by atomic mass is 9.97. The van der Waals surface area contributed by atoms with Crippen LogP contribution < -0.4 is 20.0 Å². The number of halogens is 1. The fourth-order valence-electron chi connectivity index (χ4n) is 4.32. The molecule has 0 radical (unpaired) electrons. The minimum atomic E-state index is -0.624. The molecular weight excluding hydrogens is 441 g/mol. The van der Waals surface area contributed by atoms with Crippen molar-refractivity contribution in [3.63, 3.8) is 0 Å².